The second-order valence-corrected chi connectivity index (χ2v) is 8.18. The molecule has 1 amide bonds. The fourth-order valence-electron chi connectivity index (χ4n) is 2.55. The van der Waals surface area contributed by atoms with Crippen molar-refractivity contribution in [1.29, 1.82) is 0 Å². The van der Waals surface area contributed by atoms with E-state index in [1.54, 1.807) is 55.6 Å². The first kappa shape index (κ1) is 20.3. The zero-order valence-corrected chi connectivity index (χ0v) is 16.9. The molecule has 0 fully saturated rings. The van der Waals surface area contributed by atoms with Crippen molar-refractivity contribution in [3.8, 4) is 17.1 Å². The van der Waals surface area contributed by atoms with Crippen molar-refractivity contribution in [3.63, 3.8) is 0 Å². The highest BCUT2D eigenvalue weighted by Gasteiger charge is 2.20. The number of benzene rings is 2. The number of hydrogen-bond acceptors (Lipinski definition) is 7. The van der Waals surface area contributed by atoms with Crippen molar-refractivity contribution in [1.82, 2.24) is 15.5 Å². The molecule has 0 saturated carbocycles. The number of aromatic nitrogens is 2. The summed E-state index contributed by atoms with van der Waals surface area (Å²) in [4.78, 5) is 16.8. The van der Waals surface area contributed by atoms with Crippen LogP contribution in [0, 0.1) is 0 Å². The molecule has 0 aliphatic carbocycles. The molecule has 1 aromatic heterocycles. The van der Waals surface area contributed by atoms with Gasteiger partial charge in [-0.3, -0.25) is 9.10 Å². The zero-order valence-electron chi connectivity index (χ0n) is 16.1. The van der Waals surface area contributed by atoms with Crippen molar-refractivity contribution < 1.29 is 22.5 Å². The van der Waals surface area contributed by atoms with Crippen molar-refractivity contribution in [2.75, 3.05) is 24.7 Å². The number of hydrogen-bond donors (Lipinski definition) is 1. The summed E-state index contributed by atoms with van der Waals surface area (Å²) in [6.07, 6.45) is 1.07. The van der Waals surface area contributed by atoms with E-state index < -0.39 is 15.9 Å². The van der Waals surface area contributed by atoms with Crippen molar-refractivity contribution in [3.05, 3.63) is 60.0 Å². The summed E-state index contributed by atoms with van der Waals surface area (Å²) < 4.78 is 35.0. The standard InChI is InChI=1S/C19H20N4O5S/c1-23(29(3,25)26)16-7-5-4-6-15(16)19(24)20-12-17-21-18(22-28-17)13-8-10-14(27-2)11-9-13/h4-11H,12H2,1-3H3,(H,20,24). The summed E-state index contributed by atoms with van der Waals surface area (Å²) in [5, 5.41) is 6.57. The number of ether oxygens (including phenoxy) is 1. The van der Waals surface area contributed by atoms with Crippen molar-refractivity contribution in [2.24, 2.45) is 0 Å². The van der Waals surface area contributed by atoms with Crippen LogP contribution < -0.4 is 14.4 Å². The number of carbonyl (C=O) groups is 1. The monoisotopic (exact) mass is 416 g/mol. The van der Waals surface area contributed by atoms with E-state index in [9.17, 15) is 13.2 Å². The SMILES string of the molecule is COc1ccc(-c2noc(CNC(=O)c3ccccc3N(C)S(C)(=O)=O)n2)cc1. The maximum absolute atomic E-state index is 12.6. The maximum atomic E-state index is 12.6. The van der Waals surface area contributed by atoms with Crippen molar-refractivity contribution in [2.45, 2.75) is 6.54 Å². The lowest BCUT2D eigenvalue weighted by atomic mass is 10.1. The molecule has 10 heteroatoms. The number of nitrogens with zero attached hydrogens (tertiary/aromatic N) is 3. The van der Waals surface area contributed by atoms with Crippen LogP contribution in [0.25, 0.3) is 11.4 Å². The van der Waals surface area contributed by atoms with E-state index in [1.165, 1.54) is 7.05 Å². The molecule has 0 aliphatic rings. The molecule has 9 nitrogen and oxygen atoms in total. The fourth-order valence-corrected chi connectivity index (χ4v) is 3.07. The Morgan fingerprint density at radius 2 is 1.86 bits per heavy atom. The number of rotatable bonds is 7. The summed E-state index contributed by atoms with van der Waals surface area (Å²) in [7, 11) is -0.539. The summed E-state index contributed by atoms with van der Waals surface area (Å²) in [6, 6.07) is 13.6. The summed E-state index contributed by atoms with van der Waals surface area (Å²) in [6.45, 7) is -0.00108. The van der Waals surface area contributed by atoms with Crippen LogP contribution >= 0.6 is 0 Å². The first-order chi connectivity index (χ1) is 13.8. The molecule has 0 aliphatic heterocycles. The predicted molar refractivity (Wildman–Crippen MR) is 107 cm³/mol. The van der Waals surface area contributed by atoms with Crippen LogP contribution in [0.5, 0.6) is 5.75 Å². The molecule has 1 heterocycles. The van der Waals surface area contributed by atoms with Gasteiger partial charge in [0.05, 0.1) is 31.2 Å². The van der Waals surface area contributed by atoms with Gasteiger partial charge >= 0.3 is 0 Å². The van der Waals surface area contributed by atoms with Gasteiger partial charge in [-0.05, 0) is 36.4 Å². The first-order valence-electron chi connectivity index (χ1n) is 8.57. The molecule has 0 bridgehead atoms. The molecule has 0 unspecified atom stereocenters. The highest BCUT2D eigenvalue weighted by atomic mass is 32.2. The van der Waals surface area contributed by atoms with Gasteiger partial charge in [-0.1, -0.05) is 17.3 Å². The van der Waals surface area contributed by atoms with Gasteiger partial charge < -0.3 is 14.6 Å². The van der Waals surface area contributed by atoms with E-state index in [1.807, 2.05) is 0 Å². The number of amides is 1. The van der Waals surface area contributed by atoms with Gasteiger partial charge in [0.1, 0.15) is 5.75 Å². The van der Waals surface area contributed by atoms with Gasteiger partial charge in [0.15, 0.2) is 0 Å². The Balaban J connectivity index is 1.71. The molecule has 0 saturated heterocycles. The second-order valence-electron chi connectivity index (χ2n) is 6.17. The summed E-state index contributed by atoms with van der Waals surface area (Å²) in [5.74, 6) is 0.856. The average molecular weight is 416 g/mol. The lowest BCUT2D eigenvalue weighted by Crippen LogP contribution is -2.29. The largest absolute Gasteiger partial charge is 0.497 e. The molecule has 1 N–H and O–H groups in total. The molecule has 152 valence electrons. The van der Waals surface area contributed by atoms with Crippen LogP contribution in [0.15, 0.2) is 53.1 Å². The van der Waals surface area contributed by atoms with E-state index in [0.717, 1.165) is 16.1 Å². The molecule has 3 aromatic rings. The fraction of sp³-hybridized carbons (Fsp3) is 0.211. The first-order valence-corrected chi connectivity index (χ1v) is 10.4. The van der Waals surface area contributed by atoms with E-state index in [0.29, 0.717) is 11.6 Å². The molecule has 3 rings (SSSR count). The van der Waals surface area contributed by atoms with Gasteiger partial charge in [-0.15, -0.1) is 0 Å². The Bertz CT molecular complexity index is 1110. The third-order valence-corrected chi connectivity index (χ3v) is 5.39. The average Bonchev–Trinajstić information content (AvgIpc) is 3.20. The Hall–Kier alpha value is -3.40. The minimum atomic E-state index is -3.51. The third-order valence-electron chi connectivity index (χ3n) is 4.20. The smallest absolute Gasteiger partial charge is 0.253 e. The van der Waals surface area contributed by atoms with Gasteiger partial charge in [-0.2, -0.15) is 4.98 Å². The van der Waals surface area contributed by atoms with Crippen LogP contribution in [0.1, 0.15) is 16.2 Å². The number of methoxy groups -OCH3 is 1. The van der Waals surface area contributed by atoms with Crippen LogP contribution in [-0.4, -0.2) is 44.9 Å². The quantitative estimate of drug-likeness (QED) is 0.627. The number of para-hydroxylation sites is 1. The minimum Gasteiger partial charge on any atom is -0.497 e. The Labute approximate surface area is 168 Å². The Morgan fingerprint density at radius 3 is 2.52 bits per heavy atom. The number of sulfonamides is 1. The van der Waals surface area contributed by atoms with Crippen molar-refractivity contribution >= 4 is 21.6 Å². The number of anilines is 1. The number of carbonyl (C=O) groups excluding carboxylic acids is 1. The molecule has 0 atom stereocenters. The van der Waals surface area contributed by atoms with Gasteiger partial charge in [0.25, 0.3) is 5.91 Å². The second kappa shape index (κ2) is 8.31. The lowest BCUT2D eigenvalue weighted by molar-refractivity contribution is 0.0947. The molecular weight excluding hydrogens is 396 g/mol. The molecule has 2 aromatic carbocycles. The van der Waals surface area contributed by atoms with Crippen LogP contribution in [0.2, 0.25) is 0 Å². The molecule has 29 heavy (non-hydrogen) atoms. The van der Waals surface area contributed by atoms with Crippen LogP contribution in [0.3, 0.4) is 0 Å². The summed E-state index contributed by atoms with van der Waals surface area (Å²) in [5.41, 5.74) is 1.24. The number of nitrogens with one attached hydrogen (secondary N) is 1. The summed E-state index contributed by atoms with van der Waals surface area (Å²) >= 11 is 0. The van der Waals surface area contributed by atoms with E-state index in [4.69, 9.17) is 9.26 Å². The Kier molecular flexibility index (Phi) is 5.83. The molecule has 0 radical (unpaired) electrons. The van der Waals surface area contributed by atoms with E-state index in [-0.39, 0.29) is 23.7 Å². The normalized spacial score (nSPS) is 11.1. The van der Waals surface area contributed by atoms with Gasteiger partial charge in [0.2, 0.25) is 21.7 Å². The molecule has 0 spiro atoms. The highest BCUT2D eigenvalue weighted by molar-refractivity contribution is 7.92. The lowest BCUT2D eigenvalue weighted by Gasteiger charge is -2.19. The van der Waals surface area contributed by atoms with E-state index in [2.05, 4.69) is 15.5 Å². The van der Waals surface area contributed by atoms with Gasteiger partial charge in [0, 0.05) is 12.6 Å². The predicted octanol–water partition coefficient (Wildman–Crippen LogP) is 2.07. The maximum Gasteiger partial charge on any atom is 0.253 e. The van der Waals surface area contributed by atoms with Gasteiger partial charge in [-0.25, -0.2) is 8.42 Å². The van der Waals surface area contributed by atoms with E-state index >= 15 is 0 Å². The highest BCUT2D eigenvalue weighted by Crippen LogP contribution is 2.22. The Morgan fingerprint density at radius 1 is 1.17 bits per heavy atom. The minimum absolute atomic E-state index is 0.00108. The topological polar surface area (TPSA) is 115 Å². The zero-order chi connectivity index (χ0) is 21.0. The van der Waals surface area contributed by atoms with Crippen LogP contribution in [-0.2, 0) is 16.6 Å². The molecular formula is C19H20N4O5S. The third kappa shape index (κ3) is 4.72. The van der Waals surface area contributed by atoms with Crippen LogP contribution in [0.4, 0.5) is 5.69 Å².